The van der Waals surface area contributed by atoms with Gasteiger partial charge >= 0.3 is 0 Å². The summed E-state index contributed by atoms with van der Waals surface area (Å²) in [5.41, 5.74) is 1.53. The molecule has 25 heavy (non-hydrogen) atoms. The van der Waals surface area contributed by atoms with Crippen molar-refractivity contribution in [1.82, 2.24) is 9.55 Å². The monoisotopic (exact) mass is 418 g/mol. The van der Waals surface area contributed by atoms with E-state index in [9.17, 15) is 9.59 Å². The normalized spacial score (nSPS) is 13.2. The molecule has 0 radical (unpaired) electrons. The van der Waals surface area contributed by atoms with Crippen LogP contribution in [-0.4, -0.2) is 22.4 Å². The number of aromatic nitrogens is 2. The second-order valence-corrected chi connectivity index (χ2v) is 7.93. The number of ketones is 1. The number of halogens is 1. The molecule has 0 spiro atoms. The van der Waals surface area contributed by atoms with Crippen LogP contribution >= 0.6 is 27.3 Å². The highest BCUT2D eigenvalue weighted by atomic mass is 79.9. The van der Waals surface area contributed by atoms with E-state index in [1.54, 1.807) is 36.6 Å². The Bertz CT molecular complexity index is 1050. The fourth-order valence-corrected chi connectivity index (χ4v) is 4.98. The molecular weight excluding hydrogens is 404 g/mol. The van der Waals surface area contributed by atoms with Gasteiger partial charge in [-0.05, 0) is 59.0 Å². The van der Waals surface area contributed by atoms with Gasteiger partial charge in [0.15, 0.2) is 5.78 Å². The van der Waals surface area contributed by atoms with Gasteiger partial charge in [0, 0.05) is 10.4 Å². The first-order valence-corrected chi connectivity index (χ1v) is 9.56. The molecule has 5 nitrogen and oxygen atoms in total. The highest BCUT2D eigenvalue weighted by Gasteiger charge is 2.22. The smallest absolute Gasteiger partial charge is 0.262 e. The zero-order valence-electron chi connectivity index (χ0n) is 13.5. The number of rotatable bonds is 4. The molecule has 4 rings (SSSR count). The van der Waals surface area contributed by atoms with Crippen molar-refractivity contribution in [2.24, 2.45) is 0 Å². The summed E-state index contributed by atoms with van der Waals surface area (Å²) >= 11 is 4.98. The van der Waals surface area contributed by atoms with E-state index < -0.39 is 0 Å². The molecule has 128 valence electrons. The van der Waals surface area contributed by atoms with Crippen LogP contribution in [0, 0.1) is 0 Å². The third-order valence-corrected chi connectivity index (χ3v) is 6.30. The lowest BCUT2D eigenvalue weighted by molar-refractivity contribution is 0.0970. The van der Waals surface area contributed by atoms with Gasteiger partial charge in [-0.15, -0.1) is 11.3 Å². The largest absolute Gasteiger partial charge is 0.496 e. The quantitative estimate of drug-likeness (QED) is 0.607. The number of methoxy groups -OCH3 is 1. The topological polar surface area (TPSA) is 61.2 Å². The van der Waals surface area contributed by atoms with Crippen molar-refractivity contribution in [2.75, 3.05) is 7.11 Å². The third kappa shape index (κ3) is 2.81. The predicted molar refractivity (Wildman–Crippen MR) is 101 cm³/mol. The molecule has 2 aromatic heterocycles. The maximum Gasteiger partial charge on any atom is 0.262 e. The molecule has 0 amide bonds. The molecule has 0 N–H and O–H groups in total. The molecule has 0 fully saturated rings. The summed E-state index contributed by atoms with van der Waals surface area (Å²) in [6.07, 6.45) is 4.52. The number of aryl methyl sites for hydroxylation is 2. The zero-order valence-corrected chi connectivity index (χ0v) is 15.9. The van der Waals surface area contributed by atoms with E-state index in [0.717, 1.165) is 29.7 Å². The Morgan fingerprint density at radius 1 is 1.40 bits per heavy atom. The van der Waals surface area contributed by atoms with E-state index in [4.69, 9.17) is 4.74 Å². The third-order valence-electron chi connectivity index (χ3n) is 4.48. The molecule has 2 heterocycles. The maximum absolute atomic E-state index is 12.8. The fraction of sp³-hybridized carbons (Fsp3) is 0.278. The SMILES string of the molecule is COc1ccc(C(=O)Cn2cnc3sc4c(c3c2=O)CCC4)cc1Br. The van der Waals surface area contributed by atoms with Gasteiger partial charge in [0.2, 0.25) is 0 Å². The predicted octanol–water partition coefficient (Wildman–Crippen LogP) is 3.60. The van der Waals surface area contributed by atoms with Crippen LogP contribution in [-0.2, 0) is 19.4 Å². The average molecular weight is 419 g/mol. The van der Waals surface area contributed by atoms with Gasteiger partial charge in [-0.2, -0.15) is 0 Å². The Balaban J connectivity index is 1.69. The number of carbonyl (C=O) groups excluding carboxylic acids is 1. The lowest BCUT2D eigenvalue weighted by atomic mass is 10.1. The first-order chi connectivity index (χ1) is 12.1. The molecule has 3 aromatic rings. The minimum atomic E-state index is -0.140. The molecule has 0 unspecified atom stereocenters. The van der Waals surface area contributed by atoms with Crippen LogP contribution in [0.2, 0.25) is 0 Å². The Morgan fingerprint density at radius 2 is 2.24 bits per heavy atom. The number of fused-ring (bicyclic) bond motifs is 3. The molecule has 0 bridgehead atoms. The number of carbonyl (C=O) groups is 1. The molecule has 1 aliphatic rings. The van der Waals surface area contributed by atoms with E-state index in [-0.39, 0.29) is 17.9 Å². The second-order valence-electron chi connectivity index (χ2n) is 5.99. The minimum absolute atomic E-state index is 0.0227. The van der Waals surface area contributed by atoms with Gasteiger partial charge in [0.25, 0.3) is 5.56 Å². The van der Waals surface area contributed by atoms with E-state index in [2.05, 4.69) is 20.9 Å². The molecule has 1 aromatic carbocycles. The highest BCUT2D eigenvalue weighted by molar-refractivity contribution is 9.10. The van der Waals surface area contributed by atoms with Gasteiger partial charge in [-0.1, -0.05) is 0 Å². The summed E-state index contributed by atoms with van der Waals surface area (Å²) in [5, 5.41) is 0.698. The number of hydrogen-bond acceptors (Lipinski definition) is 5. The Labute approximate surface area is 156 Å². The summed E-state index contributed by atoms with van der Waals surface area (Å²) in [5.74, 6) is 0.518. The highest BCUT2D eigenvalue weighted by Crippen LogP contribution is 2.34. The number of benzene rings is 1. The van der Waals surface area contributed by atoms with Crippen LogP contribution in [0.5, 0.6) is 5.75 Å². The molecule has 0 atom stereocenters. The van der Waals surface area contributed by atoms with Crippen LogP contribution in [0.3, 0.4) is 0 Å². The molecule has 1 aliphatic carbocycles. The number of Topliss-reactive ketones (excluding diaryl/α,β-unsaturated/α-hetero) is 1. The van der Waals surface area contributed by atoms with Crippen molar-refractivity contribution < 1.29 is 9.53 Å². The van der Waals surface area contributed by atoms with Gasteiger partial charge in [-0.3, -0.25) is 14.2 Å². The van der Waals surface area contributed by atoms with Crippen LogP contribution in [0.15, 0.2) is 33.8 Å². The lowest BCUT2D eigenvalue weighted by Crippen LogP contribution is -2.24. The second kappa shape index (κ2) is 6.38. The first kappa shape index (κ1) is 16.5. The van der Waals surface area contributed by atoms with Crippen LogP contribution in [0.25, 0.3) is 10.2 Å². The van der Waals surface area contributed by atoms with Gasteiger partial charge in [-0.25, -0.2) is 4.98 Å². The first-order valence-electron chi connectivity index (χ1n) is 7.95. The summed E-state index contributed by atoms with van der Waals surface area (Å²) < 4.78 is 7.29. The van der Waals surface area contributed by atoms with E-state index in [1.165, 1.54) is 15.8 Å². The van der Waals surface area contributed by atoms with Gasteiger partial charge in [0.05, 0.1) is 29.8 Å². The summed E-state index contributed by atoms with van der Waals surface area (Å²) in [6, 6.07) is 5.14. The zero-order chi connectivity index (χ0) is 17.6. The molecule has 7 heteroatoms. The van der Waals surface area contributed by atoms with Crippen molar-refractivity contribution in [1.29, 1.82) is 0 Å². The molecule has 0 saturated carbocycles. The minimum Gasteiger partial charge on any atom is -0.496 e. The Kier molecular flexibility index (Phi) is 4.21. The van der Waals surface area contributed by atoms with Gasteiger partial charge < -0.3 is 4.74 Å². The summed E-state index contributed by atoms with van der Waals surface area (Å²) in [4.78, 5) is 31.9. The Hall–Kier alpha value is -1.99. The number of nitrogens with zero attached hydrogens (tertiary/aromatic N) is 2. The van der Waals surface area contributed by atoms with Crippen LogP contribution in [0.4, 0.5) is 0 Å². The van der Waals surface area contributed by atoms with Crippen molar-refractivity contribution in [3.63, 3.8) is 0 Å². The molecule has 0 saturated heterocycles. The van der Waals surface area contributed by atoms with E-state index >= 15 is 0 Å². The van der Waals surface area contributed by atoms with Crippen molar-refractivity contribution in [3.05, 3.63) is 55.4 Å². The number of thiophene rings is 1. The average Bonchev–Trinajstić information content (AvgIpc) is 3.18. The summed E-state index contributed by atoms with van der Waals surface area (Å²) in [7, 11) is 1.57. The summed E-state index contributed by atoms with van der Waals surface area (Å²) in [6.45, 7) is -0.0227. The van der Waals surface area contributed by atoms with Crippen LogP contribution < -0.4 is 10.3 Å². The number of ether oxygens (including phenoxy) is 1. The van der Waals surface area contributed by atoms with Crippen LogP contribution in [0.1, 0.15) is 27.2 Å². The van der Waals surface area contributed by atoms with E-state index in [1.807, 2.05) is 0 Å². The van der Waals surface area contributed by atoms with Crippen molar-refractivity contribution >= 4 is 43.3 Å². The van der Waals surface area contributed by atoms with Crippen molar-refractivity contribution in [3.8, 4) is 5.75 Å². The Morgan fingerprint density at radius 3 is 3.00 bits per heavy atom. The lowest BCUT2D eigenvalue weighted by Gasteiger charge is -2.08. The maximum atomic E-state index is 12.8. The standard InChI is InChI=1S/C18H15BrN2O3S/c1-24-14-6-5-10(7-12(14)19)13(22)8-21-9-20-17-16(18(21)23)11-3-2-4-15(11)25-17/h5-7,9H,2-4,8H2,1H3. The van der Waals surface area contributed by atoms with Crippen molar-refractivity contribution in [2.45, 2.75) is 25.8 Å². The molecular formula is C18H15BrN2O3S. The molecule has 0 aliphatic heterocycles. The van der Waals surface area contributed by atoms with E-state index in [0.29, 0.717) is 21.2 Å². The fourth-order valence-electron chi connectivity index (χ4n) is 3.22. The number of hydrogen-bond donors (Lipinski definition) is 0. The van der Waals surface area contributed by atoms with Gasteiger partial charge in [0.1, 0.15) is 10.6 Å².